The maximum absolute atomic E-state index is 10.8. The minimum atomic E-state index is -0.799. The highest BCUT2D eigenvalue weighted by atomic mass is 32.2. The number of hydrogen-bond donors (Lipinski definition) is 1. The second-order valence-corrected chi connectivity index (χ2v) is 7.22. The van der Waals surface area contributed by atoms with Crippen molar-refractivity contribution in [3.8, 4) is 0 Å². The molecular formula is C15H23N3O2S. The quantitative estimate of drug-likeness (QED) is 0.710. The summed E-state index contributed by atoms with van der Waals surface area (Å²) in [6.45, 7) is 3.13. The van der Waals surface area contributed by atoms with Gasteiger partial charge in [-0.3, -0.25) is 4.79 Å². The zero-order valence-electron chi connectivity index (χ0n) is 12.5. The molecular weight excluding hydrogens is 286 g/mol. The van der Waals surface area contributed by atoms with Gasteiger partial charge in [0.2, 0.25) is 0 Å². The van der Waals surface area contributed by atoms with Gasteiger partial charge >= 0.3 is 5.97 Å². The summed E-state index contributed by atoms with van der Waals surface area (Å²) in [4.78, 5) is 10.8. The molecule has 0 spiro atoms. The second kappa shape index (κ2) is 6.38. The maximum atomic E-state index is 10.8. The van der Waals surface area contributed by atoms with Crippen LogP contribution in [0.25, 0.3) is 0 Å². The third kappa shape index (κ3) is 3.78. The molecule has 6 heteroatoms. The molecule has 2 aliphatic carbocycles. The molecule has 0 saturated heterocycles. The van der Waals surface area contributed by atoms with Gasteiger partial charge in [0, 0.05) is 13.0 Å². The van der Waals surface area contributed by atoms with Crippen LogP contribution in [0, 0.1) is 17.8 Å². The summed E-state index contributed by atoms with van der Waals surface area (Å²) in [7, 11) is 0. The number of nitrogens with zero attached hydrogens (tertiary/aromatic N) is 3. The van der Waals surface area contributed by atoms with E-state index in [0.29, 0.717) is 0 Å². The Kier molecular flexibility index (Phi) is 4.52. The normalized spacial score (nSPS) is 18.4. The maximum Gasteiger partial charge on any atom is 0.313 e. The van der Waals surface area contributed by atoms with E-state index < -0.39 is 5.97 Å². The van der Waals surface area contributed by atoms with Crippen molar-refractivity contribution in [1.82, 2.24) is 14.8 Å². The number of thioether (sulfide) groups is 1. The lowest BCUT2D eigenvalue weighted by atomic mass is 9.98. The second-order valence-electron chi connectivity index (χ2n) is 6.28. The van der Waals surface area contributed by atoms with Crippen molar-refractivity contribution in [3.05, 3.63) is 5.82 Å². The molecule has 0 aromatic carbocycles. The van der Waals surface area contributed by atoms with Crippen molar-refractivity contribution in [2.45, 2.75) is 57.1 Å². The summed E-state index contributed by atoms with van der Waals surface area (Å²) in [6.07, 6.45) is 7.42. The molecule has 0 bridgehead atoms. The molecule has 1 N–H and O–H groups in total. The summed E-state index contributed by atoms with van der Waals surface area (Å²) < 4.78 is 2.21. The summed E-state index contributed by atoms with van der Waals surface area (Å²) in [5.74, 6) is 2.80. The monoisotopic (exact) mass is 309 g/mol. The summed E-state index contributed by atoms with van der Waals surface area (Å²) in [5.41, 5.74) is 0. The number of carbonyl (C=O) groups is 1. The molecule has 1 aromatic heterocycles. The van der Waals surface area contributed by atoms with Crippen molar-refractivity contribution < 1.29 is 9.90 Å². The van der Waals surface area contributed by atoms with Crippen LogP contribution in [0.3, 0.4) is 0 Å². The van der Waals surface area contributed by atoms with Crippen LogP contribution in [-0.2, 0) is 17.8 Å². The van der Waals surface area contributed by atoms with E-state index in [0.717, 1.165) is 48.1 Å². The standard InChI is InChI=1S/C15H23N3O2S/c1-2-3-13-16-17-15(21-9-14(19)20)18(13)8-12(10-4-5-10)11-6-7-11/h10-12H,2-9H2,1H3,(H,19,20). The fourth-order valence-corrected chi connectivity index (χ4v) is 3.77. The van der Waals surface area contributed by atoms with Gasteiger partial charge in [-0.15, -0.1) is 10.2 Å². The number of hydrogen-bond acceptors (Lipinski definition) is 4. The van der Waals surface area contributed by atoms with Crippen LogP contribution < -0.4 is 0 Å². The topological polar surface area (TPSA) is 68.0 Å². The number of carboxylic acid groups (broad SMARTS) is 1. The van der Waals surface area contributed by atoms with Gasteiger partial charge in [0.15, 0.2) is 5.16 Å². The van der Waals surface area contributed by atoms with Crippen LogP contribution in [0.2, 0.25) is 0 Å². The van der Waals surface area contributed by atoms with Crippen molar-refractivity contribution in [2.24, 2.45) is 17.8 Å². The van der Waals surface area contributed by atoms with Crippen molar-refractivity contribution in [3.63, 3.8) is 0 Å². The number of aliphatic carboxylic acids is 1. The summed E-state index contributed by atoms with van der Waals surface area (Å²) in [5, 5.41) is 18.2. The van der Waals surface area contributed by atoms with E-state index in [1.165, 1.54) is 37.4 Å². The van der Waals surface area contributed by atoms with Crippen molar-refractivity contribution in [1.29, 1.82) is 0 Å². The zero-order chi connectivity index (χ0) is 14.8. The van der Waals surface area contributed by atoms with Crippen LogP contribution in [0.5, 0.6) is 0 Å². The number of carboxylic acids is 1. The number of aryl methyl sites for hydroxylation is 1. The Balaban J connectivity index is 1.75. The molecule has 3 rings (SSSR count). The molecule has 1 aromatic rings. The molecule has 0 radical (unpaired) electrons. The van der Waals surface area contributed by atoms with E-state index in [2.05, 4.69) is 21.7 Å². The molecule has 21 heavy (non-hydrogen) atoms. The van der Waals surface area contributed by atoms with E-state index >= 15 is 0 Å². The van der Waals surface area contributed by atoms with Gasteiger partial charge in [0.1, 0.15) is 5.82 Å². The smallest absolute Gasteiger partial charge is 0.313 e. The Morgan fingerprint density at radius 1 is 1.33 bits per heavy atom. The molecule has 1 heterocycles. The summed E-state index contributed by atoms with van der Waals surface area (Å²) in [6, 6.07) is 0. The molecule has 116 valence electrons. The zero-order valence-corrected chi connectivity index (χ0v) is 13.3. The lowest BCUT2D eigenvalue weighted by molar-refractivity contribution is -0.133. The average molecular weight is 309 g/mol. The third-order valence-electron chi connectivity index (χ3n) is 4.44. The molecule has 2 aliphatic rings. The number of aromatic nitrogens is 3. The van der Waals surface area contributed by atoms with E-state index in [4.69, 9.17) is 5.11 Å². The Bertz CT molecular complexity index is 497. The third-order valence-corrected chi connectivity index (χ3v) is 5.39. The van der Waals surface area contributed by atoms with Crippen LogP contribution >= 0.6 is 11.8 Å². The lowest BCUT2D eigenvalue weighted by Crippen LogP contribution is -2.18. The average Bonchev–Trinajstić information content (AvgIpc) is 3.34. The highest BCUT2D eigenvalue weighted by molar-refractivity contribution is 7.99. The summed E-state index contributed by atoms with van der Waals surface area (Å²) >= 11 is 1.30. The molecule has 0 unspecified atom stereocenters. The van der Waals surface area contributed by atoms with Gasteiger partial charge in [-0.2, -0.15) is 0 Å². The van der Waals surface area contributed by atoms with E-state index in [9.17, 15) is 4.79 Å². The van der Waals surface area contributed by atoms with Gasteiger partial charge in [0.25, 0.3) is 0 Å². The predicted molar refractivity (Wildman–Crippen MR) is 81.3 cm³/mol. The molecule has 2 fully saturated rings. The Morgan fingerprint density at radius 2 is 2.00 bits per heavy atom. The molecule has 2 saturated carbocycles. The Morgan fingerprint density at radius 3 is 2.52 bits per heavy atom. The largest absolute Gasteiger partial charge is 0.481 e. The van der Waals surface area contributed by atoms with Gasteiger partial charge in [-0.1, -0.05) is 18.7 Å². The van der Waals surface area contributed by atoms with Gasteiger partial charge in [-0.05, 0) is 49.9 Å². The van der Waals surface area contributed by atoms with Crippen LogP contribution in [0.15, 0.2) is 5.16 Å². The first-order valence-electron chi connectivity index (χ1n) is 7.95. The van der Waals surface area contributed by atoms with E-state index in [-0.39, 0.29) is 5.75 Å². The first-order chi connectivity index (χ1) is 10.2. The van der Waals surface area contributed by atoms with Crippen molar-refractivity contribution in [2.75, 3.05) is 5.75 Å². The van der Waals surface area contributed by atoms with Gasteiger partial charge < -0.3 is 9.67 Å². The molecule has 0 amide bonds. The molecule has 5 nitrogen and oxygen atoms in total. The van der Waals surface area contributed by atoms with Crippen LogP contribution in [0.4, 0.5) is 0 Å². The fourth-order valence-electron chi connectivity index (χ4n) is 3.09. The Labute approximate surface area is 129 Å². The molecule has 0 atom stereocenters. The highest BCUT2D eigenvalue weighted by Gasteiger charge is 2.41. The minimum absolute atomic E-state index is 0.0573. The van der Waals surface area contributed by atoms with Gasteiger partial charge in [0.05, 0.1) is 5.75 Å². The predicted octanol–water partition coefficient (Wildman–Crippen LogP) is 2.84. The van der Waals surface area contributed by atoms with E-state index in [1.807, 2.05) is 0 Å². The minimum Gasteiger partial charge on any atom is -0.481 e. The lowest BCUT2D eigenvalue weighted by Gasteiger charge is -2.18. The number of rotatable bonds is 9. The first-order valence-corrected chi connectivity index (χ1v) is 8.94. The first kappa shape index (κ1) is 14.9. The highest BCUT2D eigenvalue weighted by Crippen LogP contribution is 2.50. The van der Waals surface area contributed by atoms with Crippen LogP contribution in [-0.4, -0.2) is 31.6 Å². The van der Waals surface area contributed by atoms with Crippen molar-refractivity contribution >= 4 is 17.7 Å². The Hall–Kier alpha value is -1.04. The van der Waals surface area contributed by atoms with E-state index in [1.54, 1.807) is 0 Å². The van der Waals surface area contributed by atoms with Gasteiger partial charge in [-0.25, -0.2) is 0 Å². The van der Waals surface area contributed by atoms with Crippen LogP contribution in [0.1, 0.15) is 44.9 Å². The SMILES string of the molecule is CCCc1nnc(SCC(=O)O)n1CC(C1CC1)C1CC1. The fraction of sp³-hybridized carbons (Fsp3) is 0.800. The molecule has 0 aliphatic heterocycles.